The van der Waals surface area contributed by atoms with Crippen LogP contribution in [0.25, 0.3) is 0 Å². The fraction of sp³-hybridized carbons (Fsp3) is 0.583. The summed E-state index contributed by atoms with van der Waals surface area (Å²) in [5.74, 6) is -0.420. The van der Waals surface area contributed by atoms with Gasteiger partial charge in [-0.15, -0.1) is 0 Å². The highest BCUT2D eigenvalue weighted by molar-refractivity contribution is 6.30. The number of nitrogens with one attached hydrogen (secondary N) is 1. The molecule has 1 atom stereocenters. The van der Waals surface area contributed by atoms with Crippen LogP contribution in [0.2, 0.25) is 5.02 Å². The number of aromatic nitrogens is 1. The van der Waals surface area contributed by atoms with Crippen LogP contribution < -0.4 is 5.32 Å². The third-order valence-electron chi connectivity index (χ3n) is 2.89. The van der Waals surface area contributed by atoms with Crippen molar-refractivity contribution in [3.05, 3.63) is 23.1 Å². The van der Waals surface area contributed by atoms with Gasteiger partial charge in [0, 0.05) is 32.4 Å². The summed E-state index contributed by atoms with van der Waals surface area (Å²) in [4.78, 5) is 5.95. The Morgan fingerprint density at radius 1 is 1.53 bits per heavy atom. The van der Waals surface area contributed by atoms with Gasteiger partial charge in [-0.3, -0.25) is 4.90 Å². The highest BCUT2D eigenvalue weighted by atomic mass is 35.5. The lowest BCUT2D eigenvalue weighted by molar-refractivity contribution is 0.0171. The zero-order chi connectivity index (χ0) is 13.7. The molecule has 2 N–H and O–H groups in total. The number of nitrogens with zero attached hydrogens (tertiary/aromatic N) is 2. The fourth-order valence-corrected chi connectivity index (χ4v) is 2.05. The first kappa shape index (κ1) is 14.5. The molecular weight excluding hydrogens is 273 g/mol. The van der Waals surface area contributed by atoms with Gasteiger partial charge in [-0.25, -0.2) is 9.37 Å². The molecule has 19 heavy (non-hydrogen) atoms. The minimum atomic E-state index is -0.588. The van der Waals surface area contributed by atoms with Crippen LogP contribution in [0, 0.1) is 5.82 Å². The van der Waals surface area contributed by atoms with E-state index in [0.717, 1.165) is 13.1 Å². The lowest BCUT2D eigenvalue weighted by Crippen LogP contribution is -2.42. The topological polar surface area (TPSA) is 57.6 Å². The van der Waals surface area contributed by atoms with Crippen molar-refractivity contribution in [2.75, 3.05) is 44.7 Å². The first-order valence-corrected chi connectivity index (χ1v) is 6.56. The maximum absolute atomic E-state index is 13.4. The van der Waals surface area contributed by atoms with Crippen LogP contribution in [0.4, 0.5) is 10.2 Å². The summed E-state index contributed by atoms with van der Waals surface area (Å²) in [7, 11) is 0. The molecule has 0 bridgehead atoms. The van der Waals surface area contributed by atoms with E-state index in [0.29, 0.717) is 19.8 Å². The minimum Gasteiger partial charge on any atom is -0.390 e. The zero-order valence-corrected chi connectivity index (χ0v) is 11.2. The van der Waals surface area contributed by atoms with Gasteiger partial charge >= 0.3 is 0 Å². The quantitative estimate of drug-likeness (QED) is 0.846. The van der Waals surface area contributed by atoms with Gasteiger partial charge in [-0.1, -0.05) is 11.6 Å². The Hall–Kier alpha value is -0.950. The number of anilines is 1. The molecule has 0 aromatic carbocycles. The Balaban J connectivity index is 1.77. The predicted octanol–water partition coefficient (Wildman–Crippen LogP) is 0.979. The van der Waals surface area contributed by atoms with Crippen molar-refractivity contribution >= 4 is 17.4 Å². The molecule has 1 aromatic rings. The number of hydrogen-bond acceptors (Lipinski definition) is 5. The second kappa shape index (κ2) is 7.00. The van der Waals surface area contributed by atoms with Crippen molar-refractivity contribution in [2.45, 2.75) is 6.10 Å². The lowest BCUT2D eigenvalue weighted by Gasteiger charge is -2.28. The van der Waals surface area contributed by atoms with E-state index >= 15 is 0 Å². The summed E-state index contributed by atoms with van der Waals surface area (Å²) < 4.78 is 18.7. The first-order valence-electron chi connectivity index (χ1n) is 6.18. The molecule has 0 saturated carbocycles. The van der Waals surface area contributed by atoms with Gasteiger partial charge in [0.25, 0.3) is 0 Å². The molecule has 5 nitrogen and oxygen atoms in total. The number of pyridine rings is 1. The van der Waals surface area contributed by atoms with E-state index in [-0.39, 0.29) is 17.4 Å². The van der Waals surface area contributed by atoms with Crippen molar-refractivity contribution in [3.8, 4) is 0 Å². The molecule has 0 aliphatic carbocycles. The molecular formula is C12H17ClFN3O2. The molecule has 1 aliphatic rings. The van der Waals surface area contributed by atoms with Gasteiger partial charge in [0.2, 0.25) is 0 Å². The number of hydrogen-bond donors (Lipinski definition) is 2. The van der Waals surface area contributed by atoms with Crippen LogP contribution in [0.1, 0.15) is 0 Å². The first-order chi connectivity index (χ1) is 9.15. The second-order valence-electron chi connectivity index (χ2n) is 4.43. The predicted molar refractivity (Wildman–Crippen MR) is 71.0 cm³/mol. The van der Waals surface area contributed by atoms with Crippen molar-refractivity contribution in [1.82, 2.24) is 9.88 Å². The number of halogens is 2. The molecule has 7 heteroatoms. The largest absolute Gasteiger partial charge is 0.390 e. The Labute approximate surface area is 116 Å². The Kier molecular flexibility index (Phi) is 5.33. The van der Waals surface area contributed by atoms with Crippen LogP contribution >= 0.6 is 11.6 Å². The average molecular weight is 290 g/mol. The van der Waals surface area contributed by atoms with E-state index in [1.54, 1.807) is 0 Å². The highest BCUT2D eigenvalue weighted by Crippen LogP contribution is 2.15. The molecule has 1 saturated heterocycles. The van der Waals surface area contributed by atoms with E-state index in [1.165, 1.54) is 12.3 Å². The molecule has 0 radical (unpaired) electrons. The highest BCUT2D eigenvalue weighted by Gasteiger charge is 2.15. The molecule has 2 rings (SSSR count). The van der Waals surface area contributed by atoms with E-state index in [9.17, 15) is 9.50 Å². The van der Waals surface area contributed by atoms with Crippen molar-refractivity contribution in [3.63, 3.8) is 0 Å². The molecule has 1 unspecified atom stereocenters. The Morgan fingerprint density at radius 3 is 2.95 bits per heavy atom. The molecule has 1 aromatic heterocycles. The summed E-state index contributed by atoms with van der Waals surface area (Å²) in [6.07, 6.45) is 0.774. The molecule has 0 spiro atoms. The Bertz CT molecular complexity index is 416. The van der Waals surface area contributed by atoms with E-state index in [1.807, 2.05) is 0 Å². The fourth-order valence-electron chi connectivity index (χ4n) is 1.91. The van der Waals surface area contributed by atoms with Gasteiger partial charge in [0.15, 0.2) is 11.6 Å². The lowest BCUT2D eigenvalue weighted by atomic mass is 10.3. The maximum atomic E-state index is 13.4. The smallest absolute Gasteiger partial charge is 0.166 e. The molecule has 1 fully saturated rings. The zero-order valence-electron chi connectivity index (χ0n) is 10.5. The molecule has 0 amide bonds. The summed E-state index contributed by atoms with van der Waals surface area (Å²) in [6.45, 7) is 3.77. The summed E-state index contributed by atoms with van der Waals surface area (Å²) in [6, 6.07) is 1.19. The van der Waals surface area contributed by atoms with Crippen LogP contribution in [0.5, 0.6) is 0 Å². The van der Waals surface area contributed by atoms with Gasteiger partial charge in [0.05, 0.1) is 24.3 Å². The van der Waals surface area contributed by atoms with E-state index < -0.39 is 11.9 Å². The van der Waals surface area contributed by atoms with Gasteiger partial charge < -0.3 is 15.2 Å². The SMILES string of the molecule is OC(CNc1ncc(Cl)cc1F)CN1CCOCC1. The normalized spacial score (nSPS) is 18.3. The van der Waals surface area contributed by atoms with E-state index in [4.69, 9.17) is 16.3 Å². The van der Waals surface area contributed by atoms with Crippen molar-refractivity contribution < 1.29 is 14.2 Å². The molecule has 106 valence electrons. The maximum Gasteiger partial charge on any atom is 0.166 e. The standard InChI is InChI=1S/C12H17ClFN3O2/c13-9-5-11(14)12(15-6-9)16-7-10(18)8-17-1-3-19-4-2-17/h5-6,10,18H,1-4,7-8H2,(H,15,16). The van der Waals surface area contributed by atoms with Gasteiger partial charge in [-0.05, 0) is 6.07 Å². The number of rotatable bonds is 5. The van der Waals surface area contributed by atoms with Crippen LogP contribution in [0.15, 0.2) is 12.3 Å². The van der Waals surface area contributed by atoms with E-state index in [2.05, 4.69) is 15.2 Å². The summed E-state index contributed by atoms with van der Waals surface area (Å²) in [5.41, 5.74) is 0. The van der Waals surface area contributed by atoms with Crippen LogP contribution in [-0.2, 0) is 4.74 Å². The van der Waals surface area contributed by atoms with Crippen LogP contribution in [-0.4, -0.2) is 60.5 Å². The van der Waals surface area contributed by atoms with Gasteiger partial charge in [0.1, 0.15) is 0 Å². The number of aliphatic hydroxyl groups is 1. The number of morpholine rings is 1. The number of aliphatic hydroxyl groups excluding tert-OH is 1. The number of ether oxygens (including phenoxy) is 1. The minimum absolute atomic E-state index is 0.102. The average Bonchev–Trinajstić information content (AvgIpc) is 2.39. The van der Waals surface area contributed by atoms with Crippen LogP contribution in [0.3, 0.4) is 0 Å². The Morgan fingerprint density at radius 2 is 2.26 bits per heavy atom. The van der Waals surface area contributed by atoms with Gasteiger partial charge in [-0.2, -0.15) is 0 Å². The van der Waals surface area contributed by atoms with Crippen molar-refractivity contribution in [2.24, 2.45) is 0 Å². The third kappa shape index (κ3) is 4.58. The third-order valence-corrected chi connectivity index (χ3v) is 3.09. The summed E-state index contributed by atoms with van der Waals surface area (Å²) in [5, 5.41) is 12.9. The summed E-state index contributed by atoms with van der Waals surface area (Å²) >= 11 is 5.61. The second-order valence-corrected chi connectivity index (χ2v) is 4.87. The monoisotopic (exact) mass is 289 g/mol. The molecule has 2 heterocycles. The van der Waals surface area contributed by atoms with Crippen molar-refractivity contribution in [1.29, 1.82) is 0 Å². The number of β-amino-alcohol motifs (C(OH)–C–C–N with tert-alkyl or cyclic N) is 1. The molecule has 1 aliphatic heterocycles.